The van der Waals surface area contributed by atoms with Crippen LogP contribution in [0.4, 0.5) is 0 Å². The van der Waals surface area contributed by atoms with Crippen molar-refractivity contribution in [2.24, 2.45) is 0 Å². The molecule has 1 N–H and O–H groups in total. The molecule has 1 heterocycles. The van der Waals surface area contributed by atoms with Crippen LogP contribution in [0.1, 0.15) is 9.67 Å². The summed E-state index contributed by atoms with van der Waals surface area (Å²) in [6, 6.07) is 1.86. The number of carbonyl (C=O) groups excluding carboxylic acids is 1. The van der Waals surface area contributed by atoms with Crippen LogP contribution in [0.5, 0.6) is 0 Å². The predicted octanol–water partition coefficient (Wildman–Crippen LogP) is 1.72. The molecule has 0 unspecified atom stereocenters. The van der Waals surface area contributed by atoms with Crippen LogP contribution in [0.25, 0.3) is 0 Å². The van der Waals surface area contributed by atoms with Gasteiger partial charge in [0.05, 0.1) is 0 Å². The molecule has 0 atom stereocenters. The third kappa shape index (κ3) is 2.30. The Hall–Kier alpha value is -0.390. The van der Waals surface area contributed by atoms with Gasteiger partial charge in [0.1, 0.15) is 4.88 Å². The van der Waals surface area contributed by atoms with Crippen LogP contribution in [0.15, 0.2) is 15.9 Å². The van der Waals surface area contributed by atoms with Gasteiger partial charge in [0, 0.05) is 18.6 Å². The maximum Gasteiger partial charge on any atom is 0.276 e. The Bertz CT molecular complexity index is 285. The van der Waals surface area contributed by atoms with E-state index in [2.05, 4.69) is 21.4 Å². The van der Waals surface area contributed by atoms with E-state index in [1.165, 1.54) is 11.3 Å². The number of thiophene rings is 1. The van der Waals surface area contributed by atoms with E-state index in [9.17, 15) is 4.79 Å². The van der Waals surface area contributed by atoms with Gasteiger partial charge >= 0.3 is 0 Å². The number of hydrogen-bond acceptors (Lipinski definition) is 3. The van der Waals surface area contributed by atoms with Crippen LogP contribution in [0.3, 0.4) is 0 Å². The summed E-state index contributed by atoms with van der Waals surface area (Å²) in [4.78, 5) is 12.1. The normalized spacial score (nSPS) is 10.3. The Morgan fingerprint density at radius 3 is 2.75 bits per heavy atom. The Kier molecular flexibility index (Phi) is 3.25. The SMILES string of the molecule is CN(C)NC(=O)c1sccc1Br. The van der Waals surface area contributed by atoms with Crippen LogP contribution < -0.4 is 5.43 Å². The lowest BCUT2D eigenvalue weighted by Crippen LogP contribution is -2.35. The summed E-state index contributed by atoms with van der Waals surface area (Å²) in [5.41, 5.74) is 2.66. The number of hydrogen-bond donors (Lipinski definition) is 1. The summed E-state index contributed by atoms with van der Waals surface area (Å²) in [5.74, 6) is -0.0816. The van der Waals surface area contributed by atoms with Crippen molar-refractivity contribution in [2.45, 2.75) is 0 Å². The number of nitrogens with zero attached hydrogens (tertiary/aromatic N) is 1. The first kappa shape index (κ1) is 9.70. The average Bonchev–Trinajstić information content (AvgIpc) is 2.33. The van der Waals surface area contributed by atoms with Crippen molar-refractivity contribution in [3.05, 3.63) is 20.8 Å². The highest BCUT2D eigenvalue weighted by Gasteiger charge is 2.10. The van der Waals surface area contributed by atoms with Crippen molar-refractivity contribution >= 4 is 33.2 Å². The van der Waals surface area contributed by atoms with Gasteiger partial charge < -0.3 is 0 Å². The molecule has 3 nitrogen and oxygen atoms in total. The van der Waals surface area contributed by atoms with Crippen LogP contribution in [-0.2, 0) is 0 Å². The fourth-order valence-electron chi connectivity index (χ4n) is 0.710. The fourth-order valence-corrected chi connectivity index (χ4v) is 2.15. The summed E-state index contributed by atoms with van der Waals surface area (Å²) in [7, 11) is 3.55. The van der Waals surface area contributed by atoms with Crippen LogP contribution in [0.2, 0.25) is 0 Å². The van der Waals surface area contributed by atoms with Crippen molar-refractivity contribution in [2.75, 3.05) is 14.1 Å². The summed E-state index contributed by atoms with van der Waals surface area (Å²) < 4.78 is 0.840. The first-order chi connectivity index (χ1) is 5.61. The summed E-state index contributed by atoms with van der Waals surface area (Å²) >= 11 is 4.70. The maximum absolute atomic E-state index is 11.4. The number of hydrazine groups is 1. The monoisotopic (exact) mass is 248 g/mol. The molecule has 0 aliphatic rings. The first-order valence-electron chi connectivity index (χ1n) is 3.32. The molecule has 0 aliphatic heterocycles. The zero-order chi connectivity index (χ0) is 9.14. The lowest BCUT2D eigenvalue weighted by Gasteiger charge is -2.10. The van der Waals surface area contributed by atoms with E-state index in [4.69, 9.17) is 0 Å². The minimum atomic E-state index is -0.0816. The lowest BCUT2D eigenvalue weighted by atomic mass is 10.4. The highest BCUT2D eigenvalue weighted by molar-refractivity contribution is 9.10. The predicted molar refractivity (Wildman–Crippen MR) is 53.2 cm³/mol. The van der Waals surface area contributed by atoms with Gasteiger partial charge in [-0.1, -0.05) is 0 Å². The molecule has 1 amide bonds. The summed E-state index contributed by atoms with van der Waals surface area (Å²) in [5, 5.41) is 3.49. The molecule has 1 aromatic heterocycles. The largest absolute Gasteiger partial charge is 0.285 e. The van der Waals surface area contributed by atoms with E-state index >= 15 is 0 Å². The molecule has 0 aliphatic carbocycles. The maximum atomic E-state index is 11.4. The molecule has 1 aromatic rings. The van der Waals surface area contributed by atoms with Gasteiger partial charge in [0.2, 0.25) is 0 Å². The number of carbonyl (C=O) groups is 1. The molecule has 0 aromatic carbocycles. The van der Waals surface area contributed by atoms with Crippen molar-refractivity contribution in [1.82, 2.24) is 10.4 Å². The Morgan fingerprint density at radius 1 is 1.67 bits per heavy atom. The standard InChI is InChI=1S/C7H9BrN2OS/c1-10(2)9-7(11)6-5(8)3-4-12-6/h3-4H,1-2H3,(H,9,11). The Balaban J connectivity index is 2.72. The zero-order valence-electron chi connectivity index (χ0n) is 6.80. The molecule has 5 heteroatoms. The summed E-state index contributed by atoms with van der Waals surface area (Å²) in [6.45, 7) is 0. The molecule has 1 rings (SSSR count). The lowest BCUT2D eigenvalue weighted by molar-refractivity contribution is 0.0860. The third-order valence-corrected chi connectivity index (χ3v) is 2.99. The van der Waals surface area contributed by atoms with E-state index in [1.54, 1.807) is 19.1 Å². The van der Waals surface area contributed by atoms with Gasteiger partial charge in [-0.05, 0) is 27.4 Å². The molecule has 0 fully saturated rings. The topological polar surface area (TPSA) is 32.3 Å². The number of halogens is 1. The molecular weight excluding hydrogens is 240 g/mol. The number of amides is 1. The van der Waals surface area contributed by atoms with Gasteiger partial charge in [-0.25, -0.2) is 5.01 Å². The highest BCUT2D eigenvalue weighted by atomic mass is 79.9. The van der Waals surface area contributed by atoms with Crippen LogP contribution >= 0.6 is 27.3 Å². The fraction of sp³-hybridized carbons (Fsp3) is 0.286. The van der Waals surface area contributed by atoms with Crippen LogP contribution in [0, 0.1) is 0 Å². The van der Waals surface area contributed by atoms with Crippen molar-refractivity contribution < 1.29 is 4.79 Å². The van der Waals surface area contributed by atoms with Crippen LogP contribution in [-0.4, -0.2) is 25.0 Å². The van der Waals surface area contributed by atoms with Gasteiger partial charge in [-0.15, -0.1) is 11.3 Å². The van der Waals surface area contributed by atoms with Crippen molar-refractivity contribution in [1.29, 1.82) is 0 Å². The minimum absolute atomic E-state index is 0.0816. The van der Waals surface area contributed by atoms with Gasteiger partial charge in [-0.2, -0.15) is 0 Å². The average molecular weight is 249 g/mol. The number of nitrogens with one attached hydrogen (secondary N) is 1. The molecule has 0 bridgehead atoms. The van der Waals surface area contributed by atoms with E-state index in [0.717, 1.165) is 4.47 Å². The second kappa shape index (κ2) is 4.02. The smallest absolute Gasteiger partial charge is 0.276 e. The third-order valence-electron chi connectivity index (χ3n) is 1.15. The second-order valence-corrected chi connectivity index (χ2v) is 4.20. The highest BCUT2D eigenvalue weighted by Crippen LogP contribution is 2.22. The van der Waals surface area contributed by atoms with E-state index < -0.39 is 0 Å². The Morgan fingerprint density at radius 2 is 2.33 bits per heavy atom. The van der Waals surface area contributed by atoms with Crippen molar-refractivity contribution in [3.63, 3.8) is 0 Å². The van der Waals surface area contributed by atoms with Gasteiger partial charge in [0.15, 0.2) is 0 Å². The molecule has 0 saturated heterocycles. The van der Waals surface area contributed by atoms with E-state index in [0.29, 0.717) is 4.88 Å². The van der Waals surface area contributed by atoms with Gasteiger partial charge in [0.25, 0.3) is 5.91 Å². The Labute approximate surface area is 83.5 Å². The van der Waals surface area contributed by atoms with E-state index in [-0.39, 0.29) is 5.91 Å². The molecule has 12 heavy (non-hydrogen) atoms. The first-order valence-corrected chi connectivity index (χ1v) is 5.00. The molecule has 0 spiro atoms. The quantitative estimate of drug-likeness (QED) is 0.809. The minimum Gasteiger partial charge on any atom is -0.285 e. The van der Waals surface area contributed by atoms with Crippen molar-refractivity contribution in [3.8, 4) is 0 Å². The second-order valence-electron chi connectivity index (χ2n) is 2.43. The number of rotatable bonds is 2. The molecule has 0 saturated carbocycles. The summed E-state index contributed by atoms with van der Waals surface area (Å²) in [6.07, 6.45) is 0. The molecular formula is C7H9BrN2OS. The van der Waals surface area contributed by atoms with E-state index in [1.807, 2.05) is 11.4 Å². The van der Waals surface area contributed by atoms with Gasteiger partial charge in [-0.3, -0.25) is 10.2 Å². The molecule has 0 radical (unpaired) electrons. The zero-order valence-corrected chi connectivity index (χ0v) is 9.20. The molecule has 66 valence electrons.